The topological polar surface area (TPSA) is 71.2 Å². The van der Waals surface area contributed by atoms with Crippen LogP contribution in [0.5, 0.6) is 0 Å². The van der Waals surface area contributed by atoms with Gasteiger partial charge < -0.3 is 16.0 Å². The van der Waals surface area contributed by atoms with Crippen LogP contribution in [-0.4, -0.2) is 42.0 Å². The van der Waals surface area contributed by atoms with E-state index in [4.69, 9.17) is 5.73 Å². The van der Waals surface area contributed by atoms with Crippen LogP contribution in [-0.2, 0) is 6.42 Å². The third-order valence-corrected chi connectivity index (χ3v) is 3.63. The van der Waals surface area contributed by atoms with E-state index in [9.17, 15) is 4.79 Å². The summed E-state index contributed by atoms with van der Waals surface area (Å²) < 4.78 is 0. The lowest BCUT2D eigenvalue weighted by molar-refractivity contribution is 0.0912. The number of anilines is 1. The fraction of sp³-hybridized carbons (Fsp3) is 0.600. The van der Waals surface area contributed by atoms with Crippen molar-refractivity contribution in [2.75, 3.05) is 25.9 Å². The number of likely N-dealkylation sites (tertiary alicyclic amines) is 1. The third-order valence-electron chi connectivity index (χ3n) is 3.63. The van der Waals surface area contributed by atoms with Crippen LogP contribution in [0.25, 0.3) is 0 Å². The minimum Gasteiger partial charge on any atom is -0.384 e. The maximum atomic E-state index is 12.3. The summed E-state index contributed by atoms with van der Waals surface area (Å²) in [6.45, 7) is 4.10. The van der Waals surface area contributed by atoms with Gasteiger partial charge in [-0.3, -0.25) is 4.79 Å². The molecule has 5 heteroatoms. The predicted octanol–water partition coefficient (Wildman–Crippen LogP) is 1.44. The molecule has 1 aliphatic rings. The molecule has 1 saturated heterocycles. The number of carbonyl (C=O) groups is 1. The lowest BCUT2D eigenvalue weighted by Gasteiger charge is -2.30. The summed E-state index contributed by atoms with van der Waals surface area (Å²) in [5.74, 6) is 0.374. The summed E-state index contributed by atoms with van der Waals surface area (Å²) in [4.78, 5) is 18.8. The van der Waals surface area contributed by atoms with Gasteiger partial charge in [0.05, 0.1) is 0 Å². The van der Waals surface area contributed by atoms with Crippen molar-refractivity contribution >= 4 is 11.7 Å². The van der Waals surface area contributed by atoms with Gasteiger partial charge in [0.2, 0.25) is 0 Å². The van der Waals surface area contributed by atoms with Crippen molar-refractivity contribution in [2.45, 2.75) is 38.6 Å². The number of hydrogen-bond donors (Lipinski definition) is 2. The van der Waals surface area contributed by atoms with E-state index in [1.165, 1.54) is 0 Å². The van der Waals surface area contributed by atoms with E-state index in [0.29, 0.717) is 11.4 Å². The molecular formula is C15H24N4O. The summed E-state index contributed by atoms with van der Waals surface area (Å²) in [5, 5.41) is 3.10. The lowest BCUT2D eigenvalue weighted by atomic mass is 10.1. The Bertz CT molecular complexity index is 475. The zero-order chi connectivity index (χ0) is 14.5. The summed E-state index contributed by atoms with van der Waals surface area (Å²) in [6.07, 6.45) is 4.00. The van der Waals surface area contributed by atoms with Gasteiger partial charge >= 0.3 is 0 Å². The Morgan fingerprint density at radius 2 is 2.35 bits per heavy atom. The predicted molar refractivity (Wildman–Crippen MR) is 80.6 cm³/mol. The first-order chi connectivity index (χ1) is 9.58. The average Bonchev–Trinajstić information content (AvgIpc) is 2.38. The van der Waals surface area contributed by atoms with Crippen molar-refractivity contribution in [1.29, 1.82) is 0 Å². The third kappa shape index (κ3) is 3.93. The van der Waals surface area contributed by atoms with E-state index in [-0.39, 0.29) is 11.9 Å². The molecular weight excluding hydrogens is 252 g/mol. The minimum absolute atomic E-state index is 0.0447. The van der Waals surface area contributed by atoms with Crippen molar-refractivity contribution in [3.8, 4) is 0 Å². The number of pyridine rings is 1. The quantitative estimate of drug-likeness (QED) is 0.873. The molecule has 0 spiro atoms. The lowest BCUT2D eigenvalue weighted by Crippen LogP contribution is -2.46. The van der Waals surface area contributed by atoms with Gasteiger partial charge in [-0.25, -0.2) is 4.98 Å². The van der Waals surface area contributed by atoms with Crippen LogP contribution in [0.4, 0.5) is 5.82 Å². The molecule has 110 valence electrons. The van der Waals surface area contributed by atoms with E-state index in [1.54, 1.807) is 6.07 Å². The van der Waals surface area contributed by atoms with Crippen LogP contribution in [0.1, 0.15) is 42.2 Å². The summed E-state index contributed by atoms with van der Waals surface area (Å²) in [6, 6.07) is 3.73. The highest BCUT2D eigenvalue weighted by atomic mass is 16.1. The highest BCUT2D eigenvalue weighted by Gasteiger charge is 2.20. The van der Waals surface area contributed by atoms with Crippen molar-refractivity contribution in [3.63, 3.8) is 0 Å². The molecule has 1 aliphatic heterocycles. The number of hydrogen-bond acceptors (Lipinski definition) is 4. The Morgan fingerprint density at radius 1 is 1.55 bits per heavy atom. The molecule has 0 saturated carbocycles. The largest absolute Gasteiger partial charge is 0.384 e. The Kier molecular flexibility index (Phi) is 4.95. The molecule has 0 aromatic carbocycles. The molecule has 1 fully saturated rings. The number of nitrogens with one attached hydrogen (secondary N) is 1. The highest BCUT2D eigenvalue weighted by Crippen LogP contribution is 2.12. The first-order valence-corrected chi connectivity index (χ1v) is 7.34. The first kappa shape index (κ1) is 14.8. The molecule has 1 aromatic heterocycles. The monoisotopic (exact) mass is 276 g/mol. The molecule has 1 aromatic rings. The van der Waals surface area contributed by atoms with E-state index < -0.39 is 0 Å². The van der Waals surface area contributed by atoms with Crippen LogP contribution in [0, 0.1) is 0 Å². The first-order valence-electron chi connectivity index (χ1n) is 7.34. The zero-order valence-corrected chi connectivity index (χ0v) is 12.4. The van der Waals surface area contributed by atoms with Gasteiger partial charge in [0.15, 0.2) is 0 Å². The van der Waals surface area contributed by atoms with E-state index in [0.717, 1.165) is 44.5 Å². The highest BCUT2D eigenvalue weighted by molar-refractivity contribution is 5.95. The average molecular weight is 276 g/mol. The fourth-order valence-electron chi connectivity index (χ4n) is 2.68. The molecule has 1 atom stereocenters. The fourth-order valence-corrected chi connectivity index (χ4v) is 2.68. The Labute approximate surface area is 120 Å². The molecule has 2 heterocycles. The van der Waals surface area contributed by atoms with E-state index in [2.05, 4.69) is 29.2 Å². The second-order valence-corrected chi connectivity index (χ2v) is 5.60. The van der Waals surface area contributed by atoms with E-state index >= 15 is 0 Å². The van der Waals surface area contributed by atoms with Crippen LogP contribution in [0.3, 0.4) is 0 Å². The number of carbonyl (C=O) groups excluding carboxylic acids is 1. The number of nitrogen functional groups attached to an aromatic ring is 1. The number of amides is 1. The maximum Gasteiger partial charge on any atom is 0.251 e. The second-order valence-electron chi connectivity index (χ2n) is 5.60. The zero-order valence-electron chi connectivity index (χ0n) is 12.4. The van der Waals surface area contributed by atoms with Gasteiger partial charge in [0, 0.05) is 23.8 Å². The molecule has 2 rings (SSSR count). The molecule has 0 radical (unpaired) electrons. The van der Waals surface area contributed by atoms with Crippen LogP contribution in [0.15, 0.2) is 12.1 Å². The summed E-state index contributed by atoms with van der Waals surface area (Å²) >= 11 is 0. The van der Waals surface area contributed by atoms with Gasteiger partial charge in [-0.15, -0.1) is 0 Å². The van der Waals surface area contributed by atoms with Crippen LogP contribution < -0.4 is 11.1 Å². The van der Waals surface area contributed by atoms with Gasteiger partial charge in [-0.2, -0.15) is 0 Å². The van der Waals surface area contributed by atoms with Gasteiger partial charge in [0.25, 0.3) is 5.91 Å². The Hall–Kier alpha value is -1.62. The normalized spacial score (nSPS) is 19.8. The Balaban J connectivity index is 2.04. The van der Waals surface area contributed by atoms with Crippen molar-refractivity contribution in [2.24, 2.45) is 0 Å². The van der Waals surface area contributed by atoms with Crippen LogP contribution >= 0.6 is 0 Å². The SMILES string of the molecule is CCCc1cc(C(=O)NC2CCCN(C)C2)cc(N)n1. The van der Waals surface area contributed by atoms with Crippen LogP contribution in [0.2, 0.25) is 0 Å². The summed E-state index contributed by atoms with van der Waals surface area (Å²) in [5.41, 5.74) is 7.29. The minimum atomic E-state index is -0.0447. The number of nitrogens with zero attached hydrogens (tertiary/aromatic N) is 2. The maximum absolute atomic E-state index is 12.3. The van der Waals surface area contributed by atoms with Gasteiger partial charge in [0.1, 0.15) is 5.82 Å². The molecule has 0 bridgehead atoms. The van der Waals surface area contributed by atoms with Crippen molar-refractivity contribution < 1.29 is 4.79 Å². The molecule has 20 heavy (non-hydrogen) atoms. The number of aromatic nitrogens is 1. The molecule has 1 amide bonds. The Morgan fingerprint density at radius 3 is 3.05 bits per heavy atom. The van der Waals surface area contributed by atoms with Crippen molar-refractivity contribution in [1.82, 2.24) is 15.2 Å². The summed E-state index contributed by atoms with van der Waals surface area (Å²) in [7, 11) is 2.09. The van der Waals surface area contributed by atoms with Crippen molar-refractivity contribution in [3.05, 3.63) is 23.4 Å². The molecule has 5 nitrogen and oxygen atoms in total. The smallest absolute Gasteiger partial charge is 0.251 e. The number of likely N-dealkylation sites (N-methyl/N-ethyl adjacent to an activating group) is 1. The number of nitrogens with two attached hydrogens (primary N) is 1. The standard InChI is InChI=1S/C15H24N4O/c1-3-5-12-8-11(9-14(16)17-12)15(20)18-13-6-4-7-19(2)10-13/h8-9,13H,3-7,10H2,1-2H3,(H2,16,17)(H,18,20). The van der Waals surface area contributed by atoms with Gasteiger partial charge in [-0.1, -0.05) is 13.3 Å². The molecule has 1 unspecified atom stereocenters. The van der Waals surface area contributed by atoms with E-state index in [1.807, 2.05) is 6.07 Å². The second kappa shape index (κ2) is 6.70. The number of rotatable bonds is 4. The molecule has 0 aliphatic carbocycles. The number of piperidine rings is 1. The molecule has 3 N–H and O–H groups in total. The van der Waals surface area contributed by atoms with Gasteiger partial charge in [-0.05, 0) is 45.0 Å². The number of aryl methyl sites for hydroxylation is 1.